The topological polar surface area (TPSA) is 95.3 Å². The fourth-order valence-electron chi connectivity index (χ4n) is 3.89. The van der Waals surface area contributed by atoms with E-state index >= 15 is 0 Å². The largest absolute Gasteiger partial charge is 0.489 e. The van der Waals surface area contributed by atoms with Crippen molar-refractivity contribution in [2.24, 2.45) is 0 Å². The van der Waals surface area contributed by atoms with Crippen molar-refractivity contribution in [2.75, 3.05) is 7.11 Å². The molecule has 8 heteroatoms. The molecule has 0 saturated carbocycles. The first-order valence-electron chi connectivity index (χ1n) is 11.7. The van der Waals surface area contributed by atoms with Crippen LogP contribution in [0, 0.1) is 0 Å². The van der Waals surface area contributed by atoms with E-state index in [-0.39, 0.29) is 11.9 Å². The molecule has 2 heterocycles. The first-order chi connectivity index (χ1) is 18.1. The highest BCUT2D eigenvalue weighted by Gasteiger charge is 2.11. The van der Waals surface area contributed by atoms with Crippen LogP contribution in [0.3, 0.4) is 0 Å². The molecule has 0 atom stereocenters. The number of carbonyl (C=O) groups is 2. The number of hydrogen-bond acceptors (Lipinski definition) is 6. The average Bonchev–Trinajstić information content (AvgIpc) is 3.39. The van der Waals surface area contributed by atoms with Crippen LogP contribution in [0.1, 0.15) is 31.8 Å². The molecule has 0 aliphatic carbocycles. The number of benzene rings is 3. The molecule has 0 radical (unpaired) electrons. The predicted molar refractivity (Wildman–Crippen MR) is 139 cm³/mol. The molecule has 5 rings (SSSR count). The maximum absolute atomic E-state index is 12.6. The number of esters is 1. The number of amides is 1. The predicted octanol–water partition coefficient (Wildman–Crippen LogP) is 4.72. The van der Waals surface area contributed by atoms with E-state index in [4.69, 9.17) is 9.47 Å². The summed E-state index contributed by atoms with van der Waals surface area (Å²) in [6.45, 7) is 0.758. The summed E-state index contributed by atoms with van der Waals surface area (Å²) in [6.07, 6.45) is 5.15. The lowest BCUT2D eigenvalue weighted by atomic mass is 10.1. The van der Waals surface area contributed by atoms with Gasteiger partial charge < -0.3 is 14.8 Å². The third-order valence-corrected chi connectivity index (χ3v) is 5.86. The fourth-order valence-corrected chi connectivity index (χ4v) is 3.89. The minimum atomic E-state index is -0.370. The second kappa shape index (κ2) is 10.7. The summed E-state index contributed by atoms with van der Waals surface area (Å²) in [5.74, 6) is 0.156. The maximum Gasteiger partial charge on any atom is 0.337 e. The second-order valence-electron chi connectivity index (χ2n) is 8.34. The Kier molecular flexibility index (Phi) is 6.89. The number of ether oxygens (including phenoxy) is 2. The third kappa shape index (κ3) is 5.48. The third-order valence-electron chi connectivity index (χ3n) is 5.86. The minimum Gasteiger partial charge on any atom is -0.489 e. The van der Waals surface area contributed by atoms with Gasteiger partial charge in [0.2, 0.25) is 0 Å². The molecule has 37 heavy (non-hydrogen) atoms. The van der Waals surface area contributed by atoms with Crippen LogP contribution < -0.4 is 10.1 Å². The van der Waals surface area contributed by atoms with Gasteiger partial charge in [-0.05, 0) is 59.7 Å². The van der Waals surface area contributed by atoms with Crippen LogP contribution in [0.4, 0.5) is 0 Å². The zero-order valence-corrected chi connectivity index (χ0v) is 20.1. The number of methoxy groups -OCH3 is 1. The van der Waals surface area contributed by atoms with Crippen molar-refractivity contribution in [1.82, 2.24) is 19.9 Å². The van der Waals surface area contributed by atoms with Crippen LogP contribution in [0.5, 0.6) is 5.75 Å². The lowest BCUT2D eigenvalue weighted by Crippen LogP contribution is -2.22. The fraction of sp³-hybridized carbons (Fsp3) is 0.103. The van der Waals surface area contributed by atoms with E-state index in [0.717, 1.165) is 22.3 Å². The standard InChI is InChI=1S/C29H24N4O4/c1-36-29(35)22-9-7-20(8-10-22)18-37-25-6-2-5-24(15-25)33-19-32-26-14-23(11-12-27(26)33)28(34)31-17-21-4-3-13-30-16-21/h2-16,19H,17-18H2,1H3,(H,31,34). The molecule has 5 aromatic rings. The van der Waals surface area contributed by atoms with Gasteiger partial charge in [-0.2, -0.15) is 0 Å². The summed E-state index contributed by atoms with van der Waals surface area (Å²) in [5, 5.41) is 2.91. The number of pyridine rings is 1. The van der Waals surface area contributed by atoms with Crippen molar-refractivity contribution in [3.8, 4) is 11.4 Å². The molecule has 8 nitrogen and oxygen atoms in total. The molecule has 0 bridgehead atoms. The van der Waals surface area contributed by atoms with Gasteiger partial charge in [-0.1, -0.05) is 24.3 Å². The number of carbonyl (C=O) groups excluding carboxylic acids is 2. The highest BCUT2D eigenvalue weighted by atomic mass is 16.5. The molecular weight excluding hydrogens is 468 g/mol. The van der Waals surface area contributed by atoms with Crippen molar-refractivity contribution in [1.29, 1.82) is 0 Å². The molecule has 0 saturated heterocycles. The molecule has 3 aromatic carbocycles. The number of imidazole rings is 1. The molecule has 0 aliphatic heterocycles. The summed E-state index contributed by atoms with van der Waals surface area (Å²) in [5.41, 5.74) is 5.37. The SMILES string of the molecule is COC(=O)c1ccc(COc2cccc(-n3cnc4cc(C(=O)NCc5cccnc5)ccc43)c2)cc1. The molecule has 0 spiro atoms. The van der Waals surface area contributed by atoms with Crippen LogP contribution in [0.2, 0.25) is 0 Å². The lowest BCUT2D eigenvalue weighted by molar-refractivity contribution is 0.0600. The Morgan fingerprint density at radius 2 is 1.76 bits per heavy atom. The smallest absolute Gasteiger partial charge is 0.337 e. The monoisotopic (exact) mass is 492 g/mol. The van der Waals surface area contributed by atoms with E-state index < -0.39 is 0 Å². The Morgan fingerprint density at radius 3 is 2.54 bits per heavy atom. The van der Waals surface area contributed by atoms with Gasteiger partial charge in [-0.3, -0.25) is 14.3 Å². The summed E-state index contributed by atoms with van der Waals surface area (Å²) < 4.78 is 12.7. The van der Waals surface area contributed by atoms with E-state index in [2.05, 4.69) is 15.3 Å². The summed E-state index contributed by atoms with van der Waals surface area (Å²) in [7, 11) is 1.36. The Hall–Kier alpha value is -4.98. The Balaban J connectivity index is 1.27. The number of nitrogens with one attached hydrogen (secondary N) is 1. The van der Waals surface area contributed by atoms with Gasteiger partial charge >= 0.3 is 5.97 Å². The van der Waals surface area contributed by atoms with Gasteiger partial charge in [0.05, 0.1) is 29.4 Å². The number of nitrogens with zero attached hydrogens (tertiary/aromatic N) is 3. The van der Waals surface area contributed by atoms with Gasteiger partial charge in [0.15, 0.2) is 0 Å². The van der Waals surface area contributed by atoms with Gasteiger partial charge in [0.25, 0.3) is 5.91 Å². The van der Waals surface area contributed by atoms with Crippen LogP contribution >= 0.6 is 0 Å². The molecule has 1 amide bonds. The average molecular weight is 493 g/mol. The Morgan fingerprint density at radius 1 is 0.919 bits per heavy atom. The van der Waals surface area contributed by atoms with Gasteiger partial charge in [-0.15, -0.1) is 0 Å². The van der Waals surface area contributed by atoms with E-state index in [1.54, 1.807) is 43.0 Å². The Bertz CT molecular complexity index is 1550. The molecule has 1 N–H and O–H groups in total. The van der Waals surface area contributed by atoms with Crippen molar-refractivity contribution in [3.05, 3.63) is 120 Å². The van der Waals surface area contributed by atoms with Crippen molar-refractivity contribution in [2.45, 2.75) is 13.2 Å². The lowest BCUT2D eigenvalue weighted by Gasteiger charge is -2.10. The first kappa shape index (κ1) is 23.7. The maximum atomic E-state index is 12.6. The van der Waals surface area contributed by atoms with E-state index in [1.807, 2.05) is 59.2 Å². The van der Waals surface area contributed by atoms with Crippen molar-refractivity contribution >= 4 is 22.9 Å². The zero-order valence-electron chi connectivity index (χ0n) is 20.1. The molecule has 0 aliphatic rings. The van der Waals surface area contributed by atoms with Crippen LogP contribution in [-0.4, -0.2) is 33.5 Å². The normalized spacial score (nSPS) is 10.7. The van der Waals surface area contributed by atoms with E-state index in [0.29, 0.717) is 35.5 Å². The molecule has 0 fully saturated rings. The second-order valence-corrected chi connectivity index (χ2v) is 8.34. The summed E-state index contributed by atoms with van der Waals surface area (Å²) >= 11 is 0. The number of rotatable bonds is 8. The highest BCUT2D eigenvalue weighted by molar-refractivity contribution is 5.97. The van der Waals surface area contributed by atoms with E-state index in [9.17, 15) is 9.59 Å². The van der Waals surface area contributed by atoms with Gasteiger partial charge in [-0.25, -0.2) is 9.78 Å². The Labute approximate surface area is 213 Å². The number of aromatic nitrogens is 3. The van der Waals surface area contributed by atoms with Crippen LogP contribution in [0.15, 0.2) is 97.6 Å². The number of hydrogen-bond donors (Lipinski definition) is 1. The minimum absolute atomic E-state index is 0.171. The first-order valence-corrected chi connectivity index (χ1v) is 11.7. The van der Waals surface area contributed by atoms with E-state index in [1.165, 1.54) is 7.11 Å². The van der Waals surface area contributed by atoms with Crippen LogP contribution in [-0.2, 0) is 17.9 Å². The quantitative estimate of drug-likeness (QED) is 0.315. The van der Waals surface area contributed by atoms with Gasteiger partial charge in [0, 0.05) is 30.6 Å². The summed E-state index contributed by atoms with van der Waals surface area (Å²) in [4.78, 5) is 32.8. The van der Waals surface area contributed by atoms with Crippen molar-refractivity contribution in [3.63, 3.8) is 0 Å². The highest BCUT2D eigenvalue weighted by Crippen LogP contribution is 2.23. The molecule has 184 valence electrons. The van der Waals surface area contributed by atoms with Crippen LogP contribution in [0.25, 0.3) is 16.7 Å². The molecular formula is C29H24N4O4. The van der Waals surface area contributed by atoms with Gasteiger partial charge in [0.1, 0.15) is 18.7 Å². The molecule has 0 unspecified atom stereocenters. The molecule has 2 aromatic heterocycles. The summed E-state index contributed by atoms with van der Waals surface area (Å²) in [6, 6.07) is 24.0. The van der Waals surface area contributed by atoms with Crippen molar-refractivity contribution < 1.29 is 19.1 Å². The number of fused-ring (bicyclic) bond motifs is 1. The zero-order chi connectivity index (χ0) is 25.6.